The van der Waals surface area contributed by atoms with Crippen molar-refractivity contribution < 1.29 is 23.9 Å². The van der Waals surface area contributed by atoms with Crippen molar-refractivity contribution in [3.8, 4) is 0 Å². The summed E-state index contributed by atoms with van der Waals surface area (Å²) < 4.78 is 9.99. The van der Waals surface area contributed by atoms with E-state index < -0.39 is 29.6 Å². The molecule has 1 rings (SSSR count). The van der Waals surface area contributed by atoms with E-state index in [0.29, 0.717) is 5.56 Å². The first kappa shape index (κ1) is 27.2. The van der Waals surface area contributed by atoms with E-state index in [0.717, 1.165) is 0 Å². The molecule has 0 aliphatic rings. The van der Waals surface area contributed by atoms with Crippen LogP contribution < -0.4 is 10.6 Å². The number of nitrogens with zero attached hydrogens (tertiary/aromatic N) is 1. The predicted octanol–water partition coefficient (Wildman–Crippen LogP) is 2.56. The van der Waals surface area contributed by atoms with E-state index in [-0.39, 0.29) is 44.4 Å². The molecule has 1 aromatic heterocycles. The van der Waals surface area contributed by atoms with E-state index in [1.165, 1.54) is 0 Å². The first-order valence-corrected chi connectivity index (χ1v) is 8.03. The van der Waals surface area contributed by atoms with Gasteiger partial charge in [-0.1, -0.05) is 6.07 Å². The van der Waals surface area contributed by atoms with Crippen LogP contribution in [0.5, 0.6) is 0 Å². The molecular formula is C17H27Cl2N3O5. The fourth-order valence-corrected chi connectivity index (χ4v) is 1.93. The zero-order valence-electron chi connectivity index (χ0n) is 15.8. The number of ether oxygens (including phenoxy) is 2. The average molecular weight is 424 g/mol. The van der Waals surface area contributed by atoms with Crippen molar-refractivity contribution in [3.05, 3.63) is 30.1 Å². The van der Waals surface area contributed by atoms with Crippen molar-refractivity contribution in [2.45, 2.75) is 45.8 Å². The van der Waals surface area contributed by atoms with Crippen molar-refractivity contribution in [2.75, 3.05) is 13.2 Å². The molecule has 0 aliphatic heterocycles. The summed E-state index contributed by atoms with van der Waals surface area (Å²) in [5.41, 5.74) is 0.0177. The molecule has 0 saturated carbocycles. The molecule has 0 aromatic carbocycles. The smallest absolute Gasteiger partial charge is 0.408 e. The van der Waals surface area contributed by atoms with Gasteiger partial charge in [0.2, 0.25) is 5.91 Å². The van der Waals surface area contributed by atoms with Crippen molar-refractivity contribution in [1.29, 1.82) is 0 Å². The molecule has 1 atom stereocenters. The van der Waals surface area contributed by atoms with Crippen molar-refractivity contribution in [3.63, 3.8) is 0 Å². The van der Waals surface area contributed by atoms with Gasteiger partial charge in [-0.3, -0.25) is 14.6 Å². The first-order valence-electron chi connectivity index (χ1n) is 8.03. The normalized spacial score (nSPS) is 11.1. The second-order valence-electron chi connectivity index (χ2n) is 6.27. The summed E-state index contributed by atoms with van der Waals surface area (Å²) in [7, 11) is 0. The number of hydrogen-bond acceptors (Lipinski definition) is 6. The Hall–Kier alpha value is -2.06. The van der Waals surface area contributed by atoms with Gasteiger partial charge in [0.1, 0.15) is 12.1 Å². The van der Waals surface area contributed by atoms with Gasteiger partial charge in [0.05, 0.1) is 19.1 Å². The van der Waals surface area contributed by atoms with Crippen LogP contribution >= 0.6 is 24.8 Å². The van der Waals surface area contributed by atoms with Crippen LogP contribution in [0.4, 0.5) is 4.79 Å². The Bertz CT molecular complexity index is 594. The van der Waals surface area contributed by atoms with Crippen LogP contribution in [-0.4, -0.2) is 41.7 Å². The third-order valence-corrected chi connectivity index (χ3v) is 2.89. The quantitative estimate of drug-likeness (QED) is 0.652. The topological polar surface area (TPSA) is 107 Å². The maximum atomic E-state index is 12.1. The maximum Gasteiger partial charge on any atom is 0.408 e. The van der Waals surface area contributed by atoms with Gasteiger partial charge in [-0.2, -0.15) is 0 Å². The van der Waals surface area contributed by atoms with Gasteiger partial charge >= 0.3 is 12.1 Å². The van der Waals surface area contributed by atoms with Crippen LogP contribution in [0.1, 0.15) is 45.7 Å². The highest BCUT2D eigenvalue weighted by atomic mass is 35.5. The highest BCUT2D eigenvalue weighted by molar-refractivity contribution is 5.85. The summed E-state index contributed by atoms with van der Waals surface area (Å²) in [5, 5.41) is 5.06. The number of aromatic nitrogens is 1. The molecule has 1 heterocycles. The monoisotopic (exact) mass is 423 g/mol. The van der Waals surface area contributed by atoms with Crippen LogP contribution in [0.25, 0.3) is 0 Å². The van der Waals surface area contributed by atoms with Crippen LogP contribution in [0.15, 0.2) is 24.5 Å². The standard InChI is InChI=1S/C17H25N3O5.2ClH/c1-5-24-15(22)9-13(12-7-6-8-18-10-12)20-14(21)11-19-16(23)25-17(2,3)4;;/h6-8,10,13H,5,9,11H2,1-4H3,(H,19,23)(H,20,21);2*1H/t13-;;/m0../s1. The average Bonchev–Trinajstić information content (AvgIpc) is 2.52. The SMILES string of the molecule is CCOC(=O)C[C@H](NC(=O)CNC(=O)OC(C)(C)C)c1cccnc1.Cl.Cl. The summed E-state index contributed by atoms with van der Waals surface area (Å²) in [4.78, 5) is 39.4. The Morgan fingerprint density at radius 3 is 2.41 bits per heavy atom. The van der Waals surface area contributed by atoms with Gasteiger partial charge in [-0.25, -0.2) is 4.79 Å². The van der Waals surface area contributed by atoms with E-state index in [2.05, 4.69) is 15.6 Å². The van der Waals surface area contributed by atoms with Crippen molar-refractivity contribution in [1.82, 2.24) is 15.6 Å². The lowest BCUT2D eigenvalue weighted by molar-refractivity contribution is -0.143. The third kappa shape index (κ3) is 12.0. The van der Waals surface area contributed by atoms with Crippen LogP contribution in [-0.2, 0) is 19.1 Å². The first-order chi connectivity index (χ1) is 11.7. The van der Waals surface area contributed by atoms with Crippen molar-refractivity contribution >= 4 is 42.8 Å². The fraction of sp³-hybridized carbons (Fsp3) is 0.529. The Kier molecular flexibility index (Phi) is 13.2. The molecule has 27 heavy (non-hydrogen) atoms. The highest BCUT2D eigenvalue weighted by Gasteiger charge is 2.21. The Balaban J connectivity index is 0. The minimum atomic E-state index is -0.689. The predicted molar refractivity (Wildman–Crippen MR) is 105 cm³/mol. The summed E-state index contributed by atoms with van der Waals surface area (Å²) in [6.45, 7) is 6.88. The van der Waals surface area contributed by atoms with Crippen molar-refractivity contribution in [2.24, 2.45) is 0 Å². The zero-order chi connectivity index (χ0) is 18.9. The summed E-state index contributed by atoms with van der Waals surface area (Å²) >= 11 is 0. The molecule has 0 fully saturated rings. The molecule has 2 N–H and O–H groups in total. The molecule has 0 bridgehead atoms. The number of alkyl carbamates (subject to hydrolysis) is 1. The van der Waals surface area contributed by atoms with E-state index in [9.17, 15) is 14.4 Å². The molecule has 8 nitrogen and oxygen atoms in total. The van der Waals surface area contributed by atoms with E-state index >= 15 is 0 Å². The Morgan fingerprint density at radius 2 is 1.89 bits per heavy atom. The lowest BCUT2D eigenvalue weighted by Gasteiger charge is -2.21. The van der Waals surface area contributed by atoms with E-state index in [1.54, 1.807) is 52.2 Å². The molecule has 0 spiro atoms. The number of rotatable bonds is 7. The van der Waals surface area contributed by atoms with Gasteiger partial charge in [0.15, 0.2) is 0 Å². The molecular weight excluding hydrogens is 397 g/mol. The molecule has 2 amide bonds. The van der Waals surface area contributed by atoms with Crippen LogP contribution in [0.2, 0.25) is 0 Å². The Labute approximate surface area is 171 Å². The summed E-state index contributed by atoms with van der Waals surface area (Å²) in [6.07, 6.45) is 2.44. The molecule has 154 valence electrons. The zero-order valence-corrected chi connectivity index (χ0v) is 17.4. The third-order valence-electron chi connectivity index (χ3n) is 2.89. The number of carbonyl (C=O) groups is 3. The number of esters is 1. The largest absolute Gasteiger partial charge is 0.466 e. The molecule has 0 saturated heterocycles. The summed E-state index contributed by atoms with van der Waals surface area (Å²) in [5.74, 6) is -0.888. The van der Waals surface area contributed by atoms with E-state index in [4.69, 9.17) is 9.47 Å². The highest BCUT2D eigenvalue weighted by Crippen LogP contribution is 2.16. The van der Waals surface area contributed by atoms with Crippen LogP contribution in [0.3, 0.4) is 0 Å². The van der Waals surface area contributed by atoms with Gasteiger partial charge in [0, 0.05) is 12.4 Å². The maximum absolute atomic E-state index is 12.1. The number of nitrogens with one attached hydrogen (secondary N) is 2. The minimum Gasteiger partial charge on any atom is -0.466 e. The summed E-state index contributed by atoms with van der Waals surface area (Å²) in [6, 6.07) is 2.86. The number of hydrogen-bond donors (Lipinski definition) is 2. The molecule has 0 unspecified atom stereocenters. The second-order valence-corrected chi connectivity index (χ2v) is 6.27. The number of halogens is 2. The number of carbonyl (C=O) groups excluding carboxylic acids is 3. The Morgan fingerprint density at radius 1 is 1.22 bits per heavy atom. The molecule has 1 aromatic rings. The minimum absolute atomic E-state index is 0. The molecule has 10 heteroatoms. The van der Waals surface area contributed by atoms with Gasteiger partial charge in [0.25, 0.3) is 0 Å². The van der Waals surface area contributed by atoms with Gasteiger partial charge in [-0.15, -0.1) is 24.8 Å². The lowest BCUT2D eigenvalue weighted by atomic mass is 10.1. The van der Waals surface area contributed by atoms with Gasteiger partial charge in [-0.05, 0) is 39.3 Å². The lowest BCUT2D eigenvalue weighted by Crippen LogP contribution is -2.41. The van der Waals surface area contributed by atoms with Gasteiger partial charge < -0.3 is 20.1 Å². The number of pyridine rings is 1. The number of amides is 2. The second kappa shape index (κ2) is 13.2. The van der Waals surface area contributed by atoms with E-state index in [1.807, 2.05) is 0 Å². The fourth-order valence-electron chi connectivity index (χ4n) is 1.93. The van der Waals surface area contributed by atoms with Crippen LogP contribution in [0, 0.1) is 0 Å². The molecule has 0 radical (unpaired) electrons. The molecule has 0 aliphatic carbocycles.